The summed E-state index contributed by atoms with van der Waals surface area (Å²) in [5, 5.41) is 8.73. The number of thiol groups is 2. The van der Waals surface area contributed by atoms with Crippen molar-refractivity contribution < 1.29 is 5.11 Å². The molecule has 1 atom stereocenters. The van der Waals surface area contributed by atoms with Crippen LogP contribution in [0.4, 0.5) is 0 Å². The highest BCUT2D eigenvalue weighted by Crippen LogP contribution is 1.94. The van der Waals surface area contributed by atoms with Crippen LogP contribution in [0.3, 0.4) is 0 Å². The van der Waals surface area contributed by atoms with Gasteiger partial charge in [-0.25, -0.2) is 0 Å². The summed E-state index contributed by atoms with van der Waals surface area (Å²) in [6.07, 6.45) is 0.480. The zero-order chi connectivity index (χ0) is 5.70. The lowest BCUT2D eigenvalue weighted by molar-refractivity contribution is 0.197. The summed E-state index contributed by atoms with van der Waals surface area (Å²) in [5.41, 5.74) is 0. The molecular formula is C4H10OS2. The van der Waals surface area contributed by atoms with Gasteiger partial charge in [-0.3, -0.25) is 0 Å². The van der Waals surface area contributed by atoms with Gasteiger partial charge in [0.05, 0.1) is 6.10 Å². The van der Waals surface area contributed by atoms with Crippen molar-refractivity contribution in [3.63, 3.8) is 0 Å². The van der Waals surface area contributed by atoms with Gasteiger partial charge < -0.3 is 5.11 Å². The zero-order valence-corrected chi connectivity index (χ0v) is 5.83. The quantitative estimate of drug-likeness (QED) is 0.488. The number of hydrogen-bond acceptors (Lipinski definition) is 3. The number of aliphatic hydroxyl groups is 1. The van der Waals surface area contributed by atoms with Crippen LogP contribution in [-0.2, 0) is 0 Å². The van der Waals surface area contributed by atoms with Crippen LogP contribution in [0.5, 0.6) is 0 Å². The van der Waals surface area contributed by atoms with E-state index in [1.807, 2.05) is 0 Å². The fraction of sp³-hybridized carbons (Fsp3) is 1.00. The molecule has 0 aliphatic rings. The minimum absolute atomic E-state index is 0.263. The summed E-state index contributed by atoms with van der Waals surface area (Å²) in [7, 11) is 0. The van der Waals surface area contributed by atoms with Crippen molar-refractivity contribution in [2.75, 3.05) is 11.5 Å². The molecule has 0 aromatic heterocycles. The van der Waals surface area contributed by atoms with Crippen LogP contribution in [0.2, 0.25) is 0 Å². The summed E-state index contributed by atoms with van der Waals surface area (Å²) in [6.45, 7) is 0. The summed E-state index contributed by atoms with van der Waals surface area (Å²) in [4.78, 5) is 0. The lowest BCUT2D eigenvalue weighted by Crippen LogP contribution is -2.07. The molecule has 0 spiro atoms. The molecule has 1 N–H and O–H groups in total. The fourth-order valence-electron chi connectivity index (χ4n) is 0.240. The molecule has 1 nitrogen and oxygen atoms in total. The van der Waals surface area contributed by atoms with E-state index in [1.54, 1.807) is 0 Å². The third kappa shape index (κ3) is 4.51. The van der Waals surface area contributed by atoms with Gasteiger partial charge in [-0.05, 0) is 12.2 Å². The van der Waals surface area contributed by atoms with Gasteiger partial charge in [0, 0.05) is 5.75 Å². The molecule has 0 heterocycles. The van der Waals surface area contributed by atoms with Crippen LogP contribution in [-0.4, -0.2) is 22.7 Å². The highest BCUT2D eigenvalue weighted by atomic mass is 32.1. The number of rotatable bonds is 3. The maximum Gasteiger partial charge on any atom is 0.0635 e. The average Bonchev–Trinajstić information content (AvgIpc) is 1.68. The second-order valence-corrected chi connectivity index (χ2v) is 2.16. The molecular weight excluding hydrogens is 128 g/mol. The normalized spacial score (nSPS) is 14.1. The standard InChI is InChI=1S/C4H10OS2/c5-4(3-7)1-2-6/h4-7H,1-3H2. The topological polar surface area (TPSA) is 20.2 Å². The Bertz CT molecular complexity index is 40.7. The summed E-state index contributed by atoms with van der Waals surface area (Å²) < 4.78 is 0. The van der Waals surface area contributed by atoms with E-state index in [1.165, 1.54) is 0 Å². The third-order valence-electron chi connectivity index (χ3n) is 0.673. The Morgan fingerprint density at radius 1 is 1.43 bits per heavy atom. The van der Waals surface area contributed by atoms with Crippen LogP contribution < -0.4 is 0 Å². The Labute approximate surface area is 54.9 Å². The number of hydrogen-bond donors (Lipinski definition) is 3. The van der Waals surface area contributed by atoms with Crippen LogP contribution in [0.15, 0.2) is 0 Å². The van der Waals surface area contributed by atoms with Gasteiger partial charge in [-0.2, -0.15) is 25.3 Å². The largest absolute Gasteiger partial charge is 0.392 e. The van der Waals surface area contributed by atoms with Crippen LogP contribution >= 0.6 is 25.3 Å². The van der Waals surface area contributed by atoms with Gasteiger partial charge in [0.2, 0.25) is 0 Å². The summed E-state index contributed by atoms with van der Waals surface area (Å²) in [5.74, 6) is 1.28. The Kier molecular flexibility index (Phi) is 5.26. The molecule has 44 valence electrons. The van der Waals surface area contributed by atoms with Crippen molar-refractivity contribution in [3.8, 4) is 0 Å². The Balaban J connectivity index is 2.83. The van der Waals surface area contributed by atoms with Gasteiger partial charge in [0.25, 0.3) is 0 Å². The van der Waals surface area contributed by atoms with Crippen molar-refractivity contribution >= 4 is 25.3 Å². The maximum atomic E-state index is 8.73. The molecule has 0 amide bonds. The average molecular weight is 138 g/mol. The summed E-state index contributed by atoms with van der Waals surface area (Å²) in [6, 6.07) is 0. The molecule has 0 fully saturated rings. The van der Waals surface area contributed by atoms with E-state index in [4.69, 9.17) is 5.11 Å². The van der Waals surface area contributed by atoms with Gasteiger partial charge in [-0.1, -0.05) is 0 Å². The predicted molar refractivity (Wildman–Crippen MR) is 38.3 cm³/mol. The Morgan fingerprint density at radius 3 is 2.14 bits per heavy atom. The molecule has 3 heteroatoms. The molecule has 0 rings (SSSR count). The van der Waals surface area contributed by atoms with E-state index < -0.39 is 0 Å². The van der Waals surface area contributed by atoms with E-state index in [-0.39, 0.29) is 6.10 Å². The molecule has 0 aliphatic carbocycles. The first-order valence-electron chi connectivity index (χ1n) is 2.21. The SMILES string of the molecule is OC(CS)CCS. The Hall–Kier alpha value is 0.660. The predicted octanol–water partition coefficient (Wildman–Crippen LogP) is 0.597. The van der Waals surface area contributed by atoms with Crippen molar-refractivity contribution in [2.24, 2.45) is 0 Å². The molecule has 0 saturated heterocycles. The van der Waals surface area contributed by atoms with E-state index in [9.17, 15) is 0 Å². The molecule has 0 aromatic rings. The molecule has 0 aliphatic heterocycles. The van der Waals surface area contributed by atoms with Crippen molar-refractivity contribution in [3.05, 3.63) is 0 Å². The van der Waals surface area contributed by atoms with Crippen molar-refractivity contribution in [2.45, 2.75) is 12.5 Å². The van der Waals surface area contributed by atoms with Crippen LogP contribution in [0, 0.1) is 0 Å². The zero-order valence-electron chi connectivity index (χ0n) is 4.04. The van der Waals surface area contributed by atoms with Crippen LogP contribution in [0.25, 0.3) is 0 Å². The minimum Gasteiger partial charge on any atom is -0.392 e. The molecule has 1 unspecified atom stereocenters. The van der Waals surface area contributed by atoms with E-state index in [2.05, 4.69) is 25.3 Å². The first kappa shape index (κ1) is 7.66. The molecule has 0 saturated carbocycles. The third-order valence-corrected chi connectivity index (χ3v) is 1.35. The van der Waals surface area contributed by atoms with Gasteiger partial charge >= 0.3 is 0 Å². The van der Waals surface area contributed by atoms with E-state index in [0.29, 0.717) is 5.75 Å². The lowest BCUT2D eigenvalue weighted by Gasteiger charge is -2.00. The van der Waals surface area contributed by atoms with E-state index >= 15 is 0 Å². The van der Waals surface area contributed by atoms with Gasteiger partial charge in [0.1, 0.15) is 0 Å². The Morgan fingerprint density at radius 2 is 2.00 bits per heavy atom. The molecule has 0 aromatic carbocycles. The van der Waals surface area contributed by atoms with E-state index in [0.717, 1.165) is 12.2 Å². The minimum atomic E-state index is -0.263. The second kappa shape index (κ2) is 4.81. The fourth-order valence-corrected chi connectivity index (χ4v) is 0.721. The molecule has 0 bridgehead atoms. The maximum absolute atomic E-state index is 8.73. The second-order valence-electron chi connectivity index (χ2n) is 1.35. The lowest BCUT2D eigenvalue weighted by atomic mass is 10.3. The van der Waals surface area contributed by atoms with Crippen molar-refractivity contribution in [1.82, 2.24) is 0 Å². The summed E-state index contributed by atoms with van der Waals surface area (Å²) >= 11 is 7.79. The first-order valence-corrected chi connectivity index (χ1v) is 3.47. The monoisotopic (exact) mass is 138 g/mol. The smallest absolute Gasteiger partial charge is 0.0635 e. The van der Waals surface area contributed by atoms with Gasteiger partial charge in [0.15, 0.2) is 0 Å². The van der Waals surface area contributed by atoms with Gasteiger partial charge in [-0.15, -0.1) is 0 Å². The van der Waals surface area contributed by atoms with Crippen molar-refractivity contribution in [1.29, 1.82) is 0 Å². The first-order chi connectivity index (χ1) is 3.31. The molecule has 7 heavy (non-hydrogen) atoms. The van der Waals surface area contributed by atoms with Crippen LogP contribution in [0.1, 0.15) is 6.42 Å². The molecule has 0 radical (unpaired) electrons. The highest BCUT2D eigenvalue weighted by molar-refractivity contribution is 7.80. The number of aliphatic hydroxyl groups excluding tert-OH is 1. The highest BCUT2D eigenvalue weighted by Gasteiger charge is 1.95.